The second-order valence-electron chi connectivity index (χ2n) is 15.4. The van der Waals surface area contributed by atoms with E-state index >= 15 is 0 Å². The second-order valence-corrected chi connectivity index (χ2v) is 15.4. The fourth-order valence-corrected chi connectivity index (χ4v) is 6.87. The number of alkyl halides is 2. The minimum atomic E-state index is -2.00. The third-order valence-corrected chi connectivity index (χ3v) is 9.35. The van der Waals surface area contributed by atoms with E-state index in [0.717, 1.165) is 50.7 Å². The molecule has 4 aromatic rings. The van der Waals surface area contributed by atoms with Gasteiger partial charge in [-0.1, -0.05) is 73.9 Å². The molecule has 1 unspecified atom stereocenters. The summed E-state index contributed by atoms with van der Waals surface area (Å²) in [6.07, 6.45) is -10.8. The van der Waals surface area contributed by atoms with E-state index in [1.807, 2.05) is 79.7 Å². The van der Waals surface area contributed by atoms with Crippen molar-refractivity contribution in [2.24, 2.45) is 5.16 Å². The highest BCUT2D eigenvalue weighted by molar-refractivity contribution is 5.92. The Morgan fingerprint density at radius 1 is 0.661 bits per heavy atom. The van der Waals surface area contributed by atoms with E-state index in [1.165, 1.54) is 7.11 Å². The first-order valence-corrected chi connectivity index (χ1v) is 19.7. The first-order valence-electron chi connectivity index (χ1n) is 19.7. The number of aliphatic hydroxyl groups excluding tert-OH is 2. The van der Waals surface area contributed by atoms with Crippen molar-refractivity contribution in [3.05, 3.63) is 140 Å². The Morgan fingerprint density at radius 2 is 1.05 bits per heavy atom. The highest BCUT2D eigenvalue weighted by Crippen LogP contribution is 2.27. The van der Waals surface area contributed by atoms with Gasteiger partial charge in [0.05, 0.1) is 28.5 Å². The SMILES string of the molecule is CON=C[C@@H](F)[C@H](OC(=O)c1cc(C)cc(C)c1)[C@H](O)COC(=O)c1cc(C)cc(C)c1.Cc1cc(C)cc(C(=O)OC[C@H]2OC(O)[C@@H](F)[C@@H]2OC(=O)c2cc(C)cc(C)c2)c1. The molecule has 1 heterocycles. The maximum atomic E-state index is 14.7. The Labute approximate surface area is 359 Å². The monoisotopic (exact) mass is 861 g/mol. The van der Waals surface area contributed by atoms with Gasteiger partial charge in [0.15, 0.2) is 30.8 Å². The number of oxime groups is 1. The number of benzene rings is 4. The van der Waals surface area contributed by atoms with Crippen LogP contribution in [0.2, 0.25) is 0 Å². The molecule has 0 spiro atoms. The van der Waals surface area contributed by atoms with Crippen LogP contribution in [0.4, 0.5) is 8.78 Å². The molecule has 4 aromatic carbocycles. The fourth-order valence-electron chi connectivity index (χ4n) is 6.87. The molecule has 1 aliphatic heterocycles. The van der Waals surface area contributed by atoms with Crippen LogP contribution in [0, 0.1) is 55.4 Å². The summed E-state index contributed by atoms with van der Waals surface area (Å²) in [6.45, 7) is 13.7. The number of aryl methyl sites for hydroxylation is 8. The summed E-state index contributed by atoms with van der Waals surface area (Å²) in [5, 5.41) is 23.6. The normalized spacial score (nSPS) is 18.5. The molecule has 0 radical (unpaired) electrons. The molecule has 0 saturated carbocycles. The van der Waals surface area contributed by atoms with Crippen LogP contribution in [0.1, 0.15) is 85.9 Å². The van der Waals surface area contributed by atoms with Gasteiger partial charge in [0.2, 0.25) is 0 Å². The van der Waals surface area contributed by atoms with Gasteiger partial charge in [0.25, 0.3) is 0 Å². The minimum Gasteiger partial charge on any atom is -0.459 e. The van der Waals surface area contributed by atoms with Gasteiger partial charge in [-0.15, -0.1) is 0 Å². The van der Waals surface area contributed by atoms with Crippen LogP contribution >= 0.6 is 0 Å². The molecule has 0 aromatic heterocycles. The van der Waals surface area contributed by atoms with Crippen molar-refractivity contribution in [2.75, 3.05) is 20.3 Å². The number of rotatable bonds is 14. The molecule has 0 aliphatic carbocycles. The van der Waals surface area contributed by atoms with Gasteiger partial charge in [0, 0.05) is 0 Å². The van der Waals surface area contributed by atoms with Crippen molar-refractivity contribution >= 4 is 30.1 Å². The maximum absolute atomic E-state index is 14.7. The lowest BCUT2D eigenvalue weighted by Crippen LogP contribution is -2.43. The van der Waals surface area contributed by atoms with E-state index in [0.29, 0.717) is 11.1 Å². The van der Waals surface area contributed by atoms with Crippen molar-refractivity contribution in [2.45, 2.75) is 98.4 Å². The first-order chi connectivity index (χ1) is 29.2. The summed E-state index contributed by atoms with van der Waals surface area (Å²) < 4.78 is 55.2. The number of ether oxygens (including phenoxy) is 5. The van der Waals surface area contributed by atoms with E-state index in [1.54, 1.807) is 48.5 Å². The molecule has 13 nitrogen and oxygen atoms in total. The molecule has 0 bridgehead atoms. The van der Waals surface area contributed by atoms with E-state index in [4.69, 9.17) is 23.7 Å². The molecule has 15 heteroatoms. The van der Waals surface area contributed by atoms with Crippen LogP contribution in [-0.4, -0.2) is 104 Å². The van der Waals surface area contributed by atoms with Crippen molar-refractivity contribution in [1.82, 2.24) is 0 Å². The molecule has 1 aliphatic rings. The molecule has 0 amide bonds. The Kier molecular flexibility index (Phi) is 17.4. The summed E-state index contributed by atoms with van der Waals surface area (Å²) in [7, 11) is 1.22. The number of hydrogen-bond acceptors (Lipinski definition) is 13. The standard InChI is InChI=1S/C24H28FNO6.C23H25FO6/c1-14-6-15(2)9-18(8-14)23(28)31-13-21(27)22(20(25)12-26-30-5)32-24(29)19-10-16(3)7-17(4)11-19;1-12-5-13(2)8-16(7-12)21(25)28-11-18-20(19(24)23(27)29-18)30-22(26)17-9-14(3)6-15(4)10-17/h6-12,20-22,27H,13H2,1-5H3;5-10,18-20,23,27H,11H2,1-4H3/t20-,21-,22+;18-,19+,20-,23?/m11/s1. The van der Waals surface area contributed by atoms with Gasteiger partial charge in [-0.3, -0.25) is 0 Å². The van der Waals surface area contributed by atoms with E-state index in [2.05, 4.69) is 9.99 Å². The zero-order valence-corrected chi connectivity index (χ0v) is 36.1. The lowest BCUT2D eigenvalue weighted by atomic mass is 10.1. The molecule has 332 valence electrons. The zero-order valence-electron chi connectivity index (χ0n) is 36.1. The van der Waals surface area contributed by atoms with Crippen LogP contribution < -0.4 is 0 Å². The molecule has 5 rings (SSSR count). The molecule has 1 saturated heterocycles. The Balaban J connectivity index is 0.000000273. The van der Waals surface area contributed by atoms with E-state index in [-0.39, 0.29) is 17.7 Å². The van der Waals surface area contributed by atoms with Gasteiger partial charge in [-0.2, -0.15) is 0 Å². The predicted octanol–water partition coefficient (Wildman–Crippen LogP) is 6.99. The van der Waals surface area contributed by atoms with Gasteiger partial charge in [-0.25, -0.2) is 28.0 Å². The Hall–Kier alpha value is -6.03. The Morgan fingerprint density at radius 3 is 1.47 bits per heavy atom. The molecular weight excluding hydrogens is 809 g/mol. The summed E-state index contributed by atoms with van der Waals surface area (Å²) in [4.78, 5) is 54.3. The third-order valence-electron chi connectivity index (χ3n) is 9.35. The van der Waals surface area contributed by atoms with E-state index < -0.39 is 73.5 Å². The summed E-state index contributed by atoms with van der Waals surface area (Å²) in [5.74, 6) is -2.86. The number of halogens is 2. The minimum absolute atomic E-state index is 0.211. The van der Waals surface area contributed by atoms with Crippen LogP contribution in [0.25, 0.3) is 0 Å². The van der Waals surface area contributed by atoms with Crippen molar-refractivity contribution in [1.29, 1.82) is 0 Å². The van der Waals surface area contributed by atoms with Gasteiger partial charge < -0.3 is 38.7 Å². The maximum Gasteiger partial charge on any atom is 0.338 e. The first kappa shape index (κ1) is 48.6. The van der Waals surface area contributed by atoms with Gasteiger partial charge >= 0.3 is 23.9 Å². The molecule has 2 N–H and O–H groups in total. The fraction of sp³-hybridized carbons (Fsp3) is 0.383. The number of esters is 4. The number of hydrogen-bond donors (Lipinski definition) is 2. The molecule has 1 fully saturated rings. The van der Waals surface area contributed by atoms with Crippen LogP contribution in [-0.2, 0) is 28.5 Å². The van der Waals surface area contributed by atoms with Crippen LogP contribution in [0.5, 0.6) is 0 Å². The predicted molar refractivity (Wildman–Crippen MR) is 225 cm³/mol. The number of carbonyl (C=O) groups excluding carboxylic acids is 4. The topological polar surface area (TPSA) is 176 Å². The van der Waals surface area contributed by atoms with Crippen molar-refractivity contribution < 1.29 is 66.7 Å². The average molecular weight is 862 g/mol. The number of nitrogens with zero attached hydrogens (tertiary/aromatic N) is 1. The quantitative estimate of drug-likeness (QED) is 0.0576. The van der Waals surface area contributed by atoms with Gasteiger partial charge in [0.1, 0.15) is 32.5 Å². The smallest absolute Gasteiger partial charge is 0.338 e. The second kappa shape index (κ2) is 22.2. The summed E-state index contributed by atoms with van der Waals surface area (Å²) in [6, 6.07) is 20.7. The van der Waals surface area contributed by atoms with Crippen molar-refractivity contribution in [3.8, 4) is 0 Å². The largest absolute Gasteiger partial charge is 0.459 e. The summed E-state index contributed by atoms with van der Waals surface area (Å²) >= 11 is 0. The van der Waals surface area contributed by atoms with Crippen LogP contribution in [0.3, 0.4) is 0 Å². The molecule has 7 atom stereocenters. The van der Waals surface area contributed by atoms with Crippen LogP contribution in [0.15, 0.2) is 78.0 Å². The zero-order chi connectivity index (χ0) is 45.8. The average Bonchev–Trinajstić information content (AvgIpc) is 3.46. The highest BCUT2D eigenvalue weighted by atomic mass is 19.1. The van der Waals surface area contributed by atoms with Crippen molar-refractivity contribution in [3.63, 3.8) is 0 Å². The number of aliphatic hydroxyl groups is 2. The lowest BCUT2D eigenvalue weighted by Gasteiger charge is -2.24. The third kappa shape index (κ3) is 14.0. The highest BCUT2D eigenvalue weighted by Gasteiger charge is 2.48. The molecular formula is C47H53F2NO12. The lowest BCUT2D eigenvalue weighted by molar-refractivity contribution is -0.122. The van der Waals surface area contributed by atoms with Gasteiger partial charge in [-0.05, 0) is 104 Å². The van der Waals surface area contributed by atoms with E-state index in [9.17, 15) is 38.2 Å². The molecule has 62 heavy (non-hydrogen) atoms. The Bertz CT molecular complexity index is 2180. The number of carbonyl (C=O) groups is 4. The summed E-state index contributed by atoms with van der Waals surface area (Å²) in [5.41, 5.74) is 8.06.